The Morgan fingerprint density at radius 2 is 1.68 bits per heavy atom. The maximum atomic E-state index is 3.83. The van der Waals surface area contributed by atoms with Crippen LogP contribution < -0.4 is 0 Å². The largest absolute Gasteiger partial charge is 0.121 e. The third kappa shape index (κ3) is 9.48. The first kappa shape index (κ1) is 32.9. The highest BCUT2D eigenvalue weighted by atomic mass is 14.4. The molecular formula is C41H58. The lowest BCUT2D eigenvalue weighted by molar-refractivity contribution is 0.244. The van der Waals surface area contributed by atoms with Crippen molar-refractivity contribution in [2.24, 2.45) is 23.2 Å². The van der Waals surface area contributed by atoms with E-state index in [-0.39, 0.29) is 0 Å². The fourth-order valence-electron chi connectivity index (χ4n) is 7.30. The monoisotopic (exact) mass is 550 g/mol. The highest BCUT2D eigenvalue weighted by Crippen LogP contribution is 2.47. The summed E-state index contributed by atoms with van der Waals surface area (Å²) in [7, 11) is 0. The molecule has 3 aliphatic rings. The number of benzene rings is 1. The molecule has 0 nitrogen and oxygen atoms in total. The van der Waals surface area contributed by atoms with Gasteiger partial charge in [0.15, 0.2) is 0 Å². The van der Waals surface area contributed by atoms with Crippen molar-refractivity contribution in [1.82, 2.24) is 0 Å². The zero-order valence-corrected chi connectivity index (χ0v) is 27.3. The van der Waals surface area contributed by atoms with E-state index >= 15 is 0 Å². The zero-order valence-electron chi connectivity index (χ0n) is 27.3. The number of allylic oxidation sites excluding steroid dienone is 10. The zero-order chi connectivity index (χ0) is 29.7. The average Bonchev–Trinajstić information content (AvgIpc) is 3.23. The molecular weight excluding hydrogens is 492 g/mol. The summed E-state index contributed by atoms with van der Waals surface area (Å²) in [4.78, 5) is 0. The summed E-state index contributed by atoms with van der Waals surface area (Å²) in [5, 5.41) is 0. The highest BCUT2D eigenvalue weighted by molar-refractivity contribution is 5.70. The molecule has 3 aliphatic carbocycles. The van der Waals surface area contributed by atoms with Crippen LogP contribution in [0.4, 0.5) is 0 Å². The number of unbranched alkanes of at least 4 members (excludes halogenated alkanes) is 1. The Labute approximate surface area is 253 Å². The van der Waals surface area contributed by atoms with E-state index in [1.54, 1.807) is 11.1 Å². The lowest BCUT2D eigenvalue weighted by atomic mass is 9.66. The van der Waals surface area contributed by atoms with Crippen LogP contribution in [0.25, 0.3) is 5.57 Å². The number of aryl methyl sites for hydroxylation is 1. The molecule has 0 spiro atoms. The third-order valence-electron chi connectivity index (χ3n) is 10.0. The first-order valence-corrected chi connectivity index (χ1v) is 16.7. The molecule has 0 amide bonds. The molecule has 0 bridgehead atoms. The van der Waals surface area contributed by atoms with Crippen LogP contribution >= 0.6 is 0 Å². The Balaban J connectivity index is 0.000000232. The Bertz CT molecular complexity index is 1140. The van der Waals surface area contributed by atoms with E-state index in [9.17, 15) is 0 Å². The molecule has 0 radical (unpaired) electrons. The molecule has 1 aromatic rings. The molecule has 2 saturated carbocycles. The van der Waals surface area contributed by atoms with Gasteiger partial charge in [-0.15, -0.1) is 12.3 Å². The van der Waals surface area contributed by atoms with Crippen LogP contribution in [0.3, 0.4) is 0 Å². The second-order valence-corrected chi connectivity index (χ2v) is 13.1. The van der Waals surface area contributed by atoms with E-state index in [4.69, 9.17) is 0 Å². The average molecular weight is 551 g/mol. The summed E-state index contributed by atoms with van der Waals surface area (Å²) in [6, 6.07) is 9.03. The van der Waals surface area contributed by atoms with E-state index in [1.165, 1.54) is 92.9 Å². The highest BCUT2D eigenvalue weighted by Gasteiger charge is 2.33. The van der Waals surface area contributed by atoms with E-state index in [0.717, 1.165) is 24.2 Å². The van der Waals surface area contributed by atoms with Gasteiger partial charge in [0.25, 0.3) is 0 Å². The molecule has 0 aliphatic heterocycles. The molecule has 41 heavy (non-hydrogen) atoms. The smallest absolute Gasteiger partial charge is 0.00724 e. The molecule has 0 aromatic heterocycles. The third-order valence-corrected chi connectivity index (χ3v) is 10.0. The van der Waals surface area contributed by atoms with Crippen LogP contribution in [0.15, 0.2) is 95.8 Å². The van der Waals surface area contributed by atoms with Crippen molar-refractivity contribution in [3.05, 3.63) is 107 Å². The van der Waals surface area contributed by atoms with Crippen molar-refractivity contribution in [3.63, 3.8) is 0 Å². The minimum atomic E-state index is 0.385. The summed E-state index contributed by atoms with van der Waals surface area (Å²) in [5.41, 5.74) is 12.4. The quantitative estimate of drug-likeness (QED) is 0.163. The van der Waals surface area contributed by atoms with Gasteiger partial charge in [0.05, 0.1) is 0 Å². The van der Waals surface area contributed by atoms with Gasteiger partial charge in [-0.05, 0) is 155 Å². The van der Waals surface area contributed by atoms with E-state index in [2.05, 4.69) is 115 Å². The maximum Gasteiger partial charge on any atom is -0.00724 e. The molecule has 0 N–H and O–H groups in total. The summed E-state index contributed by atoms with van der Waals surface area (Å²) >= 11 is 0. The van der Waals surface area contributed by atoms with Crippen molar-refractivity contribution in [2.75, 3.05) is 0 Å². The van der Waals surface area contributed by atoms with Gasteiger partial charge >= 0.3 is 0 Å². The molecule has 1 aromatic carbocycles. The molecule has 4 rings (SSSR count). The fourth-order valence-corrected chi connectivity index (χ4v) is 7.30. The first-order valence-electron chi connectivity index (χ1n) is 16.7. The van der Waals surface area contributed by atoms with Gasteiger partial charge in [0.2, 0.25) is 0 Å². The van der Waals surface area contributed by atoms with E-state index in [1.807, 2.05) is 6.08 Å². The second kappa shape index (κ2) is 16.8. The molecule has 0 saturated heterocycles. The van der Waals surface area contributed by atoms with Gasteiger partial charge < -0.3 is 0 Å². The van der Waals surface area contributed by atoms with Gasteiger partial charge in [-0.25, -0.2) is 0 Å². The minimum Gasteiger partial charge on any atom is -0.121 e. The van der Waals surface area contributed by atoms with Crippen molar-refractivity contribution < 1.29 is 0 Å². The molecule has 222 valence electrons. The Morgan fingerprint density at radius 1 is 1.00 bits per heavy atom. The molecule has 0 unspecified atom stereocenters. The van der Waals surface area contributed by atoms with E-state index < -0.39 is 0 Å². The predicted octanol–water partition coefficient (Wildman–Crippen LogP) is 12.7. The van der Waals surface area contributed by atoms with Gasteiger partial charge in [0, 0.05) is 0 Å². The van der Waals surface area contributed by atoms with Crippen LogP contribution in [0.2, 0.25) is 0 Å². The van der Waals surface area contributed by atoms with E-state index in [0.29, 0.717) is 5.41 Å². The predicted molar refractivity (Wildman–Crippen MR) is 183 cm³/mol. The van der Waals surface area contributed by atoms with Gasteiger partial charge in [-0.3, -0.25) is 0 Å². The van der Waals surface area contributed by atoms with Crippen molar-refractivity contribution in [2.45, 2.75) is 119 Å². The molecule has 0 heterocycles. The van der Waals surface area contributed by atoms with Crippen LogP contribution in [0.1, 0.15) is 123 Å². The molecule has 0 atom stereocenters. The van der Waals surface area contributed by atoms with Crippen molar-refractivity contribution >= 4 is 5.57 Å². The van der Waals surface area contributed by atoms with Crippen LogP contribution in [-0.4, -0.2) is 0 Å². The standard InChI is InChI=1S/C23H32.C18H26/c1-4-7-9-12-19-15-17-21(18-16-19)22(6-3)23-14-11-8-10-13-20(23)5-2;1-5-17(16-8-6-14(2)7-9-16)18(4)12-10-15(3)11-13-18/h4,6,8,11,13-14,19,21H,1,5,7,9,12,15-18H2,2-3H3;5-9,15H,10-13H2,1-4H3/b22-6-;17-5+. The summed E-state index contributed by atoms with van der Waals surface area (Å²) in [6.07, 6.45) is 31.2. The summed E-state index contributed by atoms with van der Waals surface area (Å²) < 4.78 is 0. The lowest BCUT2D eigenvalue weighted by Crippen LogP contribution is -2.25. The van der Waals surface area contributed by atoms with Crippen molar-refractivity contribution in [3.8, 4) is 0 Å². The Kier molecular flexibility index (Phi) is 13.5. The lowest BCUT2D eigenvalue weighted by Gasteiger charge is -2.38. The molecule has 0 heteroatoms. The Morgan fingerprint density at radius 3 is 2.27 bits per heavy atom. The number of rotatable bonds is 9. The van der Waals surface area contributed by atoms with Crippen LogP contribution in [-0.2, 0) is 0 Å². The van der Waals surface area contributed by atoms with Gasteiger partial charge in [0.1, 0.15) is 0 Å². The van der Waals surface area contributed by atoms with Crippen molar-refractivity contribution in [1.29, 1.82) is 0 Å². The topological polar surface area (TPSA) is 0 Å². The summed E-state index contributed by atoms with van der Waals surface area (Å²) in [5.74, 6) is 2.59. The van der Waals surface area contributed by atoms with Gasteiger partial charge in [-0.1, -0.05) is 87.4 Å². The fraction of sp³-hybridized carbons (Fsp3) is 0.537. The SMILES string of the molecule is C/C=C(\c1ccc(C)cc1)C1(C)CCC(C)CC1.C=CCCCC1CCC(/C(=C/C)C2=C(CC)C=C=CC=C2)CC1. The maximum absolute atomic E-state index is 3.83. The van der Waals surface area contributed by atoms with Crippen LogP contribution in [0.5, 0.6) is 0 Å². The van der Waals surface area contributed by atoms with Gasteiger partial charge in [-0.2, -0.15) is 0 Å². The normalized spacial score (nSPS) is 26.8. The number of hydrogen-bond donors (Lipinski definition) is 0. The first-order chi connectivity index (χ1) is 19.8. The summed E-state index contributed by atoms with van der Waals surface area (Å²) in [6.45, 7) is 17.5. The second-order valence-electron chi connectivity index (χ2n) is 13.1. The van der Waals surface area contributed by atoms with Crippen LogP contribution in [0, 0.1) is 30.1 Å². The molecule has 2 fully saturated rings. The minimum absolute atomic E-state index is 0.385. The number of hydrogen-bond acceptors (Lipinski definition) is 0. The Hall–Kier alpha value is -2.56.